The molecule has 1 aliphatic carbocycles. The van der Waals surface area contributed by atoms with E-state index in [0.717, 1.165) is 37.2 Å². The molecule has 1 unspecified atom stereocenters. The van der Waals surface area contributed by atoms with E-state index in [9.17, 15) is 4.79 Å². The molecule has 1 atom stereocenters. The lowest BCUT2D eigenvalue weighted by molar-refractivity contribution is 0.101. The quantitative estimate of drug-likeness (QED) is 0.658. The molecule has 2 N–H and O–H groups in total. The van der Waals surface area contributed by atoms with Crippen molar-refractivity contribution < 1.29 is 4.79 Å². The van der Waals surface area contributed by atoms with Crippen LogP contribution in [0.25, 0.3) is 5.57 Å². The molecular formula is C26H33N5O. The second-order valence-electron chi connectivity index (χ2n) is 9.68. The highest BCUT2D eigenvalue weighted by Gasteiger charge is 2.32. The average Bonchev–Trinajstić information content (AvgIpc) is 3.48. The van der Waals surface area contributed by atoms with Gasteiger partial charge in [-0.2, -0.15) is 5.26 Å². The van der Waals surface area contributed by atoms with Crippen LogP contribution in [0.1, 0.15) is 87.2 Å². The fourth-order valence-electron chi connectivity index (χ4n) is 5.06. The minimum Gasteiger partial charge on any atom is -0.326 e. The number of H-pyrrole nitrogens is 1. The van der Waals surface area contributed by atoms with E-state index >= 15 is 0 Å². The van der Waals surface area contributed by atoms with Crippen LogP contribution in [0.3, 0.4) is 0 Å². The number of imidazole rings is 1. The Balaban J connectivity index is 1.74. The normalized spacial score (nSPS) is 19.8. The number of allylic oxidation sites excluding steroid dienone is 2. The molecule has 2 heterocycles. The summed E-state index contributed by atoms with van der Waals surface area (Å²) < 4.78 is 0. The number of likely N-dealkylation sites (tertiary alicyclic amines) is 1. The van der Waals surface area contributed by atoms with E-state index in [0.29, 0.717) is 5.92 Å². The Kier molecular flexibility index (Phi) is 6.21. The fourth-order valence-corrected chi connectivity index (χ4v) is 5.06. The van der Waals surface area contributed by atoms with Gasteiger partial charge in [0.15, 0.2) is 5.82 Å². The van der Waals surface area contributed by atoms with Crippen molar-refractivity contribution in [2.45, 2.75) is 65.3 Å². The summed E-state index contributed by atoms with van der Waals surface area (Å²) in [4.78, 5) is 22.3. The minimum absolute atomic E-state index is 0.0642. The van der Waals surface area contributed by atoms with Crippen LogP contribution in [0.5, 0.6) is 0 Å². The highest BCUT2D eigenvalue weighted by Crippen LogP contribution is 2.41. The molecule has 2 aliphatic rings. The number of nitrogens with zero attached hydrogens (tertiary/aromatic N) is 3. The molecule has 1 fully saturated rings. The van der Waals surface area contributed by atoms with Gasteiger partial charge in [0.05, 0.1) is 6.20 Å². The third-order valence-corrected chi connectivity index (χ3v) is 7.39. The van der Waals surface area contributed by atoms with Gasteiger partial charge < -0.3 is 10.3 Å². The lowest BCUT2D eigenvalue weighted by atomic mass is 9.80. The summed E-state index contributed by atoms with van der Waals surface area (Å²) in [6.07, 6.45) is 7.27. The summed E-state index contributed by atoms with van der Waals surface area (Å²) in [7, 11) is 0. The van der Waals surface area contributed by atoms with Gasteiger partial charge >= 0.3 is 0 Å². The van der Waals surface area contributed by atoms with Crippen molar-refractivity contribution in [2.24, 2.45) is 5.92 Å². The number of rotatable bonds is 5. The van der Waals surface area contributed by atoms with E-state index in [1.54, 1.807) is 0 Å². The van der Waals surface area contributed by atoms with Gasteiger partial charge in [0.1, 0.15) is 11.8 Å². The second kappa shape index (κ2) is 8.91. The van der Waals surface area contributed by atoms with E-state index < -0.39 is 0 Å². The molecular weight excluding hydrogens is 398 g/mol. The number of aromatic amines is 1. The van der Waals surface area contributed by atoms with Crippen molar-refractivity contribution in [1.82, 2.24) is 14.9 Å². The van der Waals surface area contributed by atoms with Crippen molar-refractivity contribution in [2.75, 3.05) is 18.4 Å². The lowest BCUT2D eigenvalue weighted by Gasteiger charge is -2.37. The monoisotopic (exact) mass is 431 g/mol. The zero-order valence-electron chi connectivity index (χ0n) is 19.6. The Labute approximate surface area is 190 Å². The predicted octanol–water partition coefficient (Wildman–Crippen LogP) is 5.46. The van der Waals surface area contributed by atoms with Gasteiger partial charge in [0, 0.05) is 16.8 Å². The van der Waals surface area contributed by atoms with Gasteiger partial charge in [-0.25, -0.2) is 4.98 Å². The first-order valence-corrected chi connectivity index (χ1v) is 11.7. The van der Waals surface area contributed by atoms with E-state index in [1.165, 1.54) is 42.2 Å². The molecule has 32 heavy (non-hydrogen) atoms. The molecule has 1 aromatic carbocycles. The third kappa shape index (κ3) is 4.22. The molecule has 0 saturated carbocycles. The maximum Gasteiger partial charge on any atom is 0.291 e. The Morgan fingerprint density at radius 1 is 1.28 bits per heavy atom. The van der Waals surface area contributed by atoms with Crippen LogP contribution in [0, 0.1) is 17.2 Å². The second-order valence-corrected chi connectivity index (χ2v) is 9.68. The summed E-state index contributed by atoms with van der Waals surface area (Å²) >= 11 is 0. The summed E-state index contributed by atoms with van der Waals surface area (Å²) in [6.45, 7) is 11.4. The Bertz CT molecular complexity index is 1080. The maximum atomic E-state index is 12.9. The number of anilines is 1. The smallest absolute Gasteiger partial charge is 0.291 e. The molecule has 1 aromatic heterocycles. The minimum atomic E-state index is -0.332. The number of benzene rings is 1. The number of carbonyl (C=O) groups excluding carboxylic acids is 1. The zero-order chi connectivity index (χ0) is 22.9. The average molecular weight is 432 g/mol. The zero-order valence-corrected chi connectivity index (χ0v) is 19.6. The standard InChI is InChI=1S/C26H33N5O/c1-17-8-7-9-21(18(17)2)22-14-19(26(3,4)31-12-5-6-13-31)10-11-23(22)30-25(32)24-28-16-20(15-27)29-24/h10-11,14,16-17H,5-9,12-13H2,1-4H3,(H,28,29)(H,30,32). The number of nitriles is 1. The molecule has 0 bridgehead atoms. The topological polar surface area (TPSA) is 84.8 Å². The molecule has 168 valence electrons. The number of hydrogen-bond donors (Lipinski definition) is 2. The molecule has 2 aromatic rings. The fraction of sp³-hybridized carbons (Fsp3) is 0.500. The van der Waals surface area contributed by atoms with Crippen LogP contribution >= 0.6 is 0 Å². The van der Waals surface area contributed by atoms with Gasteiger partial charge in [0.2, 0.25) is 0 Å². The molecule has 0 spiro atoms. The Hall–Kier alpha value is -2.91. The summed E-state index contributed by atoms with van der Waals surface area (Å²) in [5.41, 5.74) is 6.15. The molecule has 6 heteroatoms. The number of carbonyl (C=O) groups is 1. The van der Waals surface area contributed by atoms with Gasteiger partial charge in [-0.15, -0.1) is 0 Å². The Morgan fingerprint density at radius 2 is 2.03 bits per heavy atom. The summed E-state index contributed by atoms with van der Waals surface area (Å²) in [5, 5.41) is 12.1. The summed E-state index contributed by atoms with van der Waals surface area (Å²) in [6, 6.07) is 8.44. The van der Waals surface area contributed by atoms with Crippen molar-refractivity contribution in [3.8, 4) is 6.07 Å². The van der Waals surface area contributed by atoms with Crippen molar-refractivity contribution in [1.29, 1.82) is 5.26 Å². The number of hydrogen-bond acceptors (Lipinski definition) is 4. The van der Waals surface area contributed by atoms with Crippen molar-refractivity contribution in [3.63, 3.8) is 0 Å². The van der Waals surface area contributed by atoms with Crippen molar-refractivity contribution >= 4 is 17.2 Å². The van der Waals surface area contributed by atoms with Gasteiger partial charge in [0.25, 0.3) is 5.91 Å². The first-order chi connectivity index (χ1) is 15.3. The van der Waals surface area contributed by atoms with Gasteiger partial charge in [-0.1, -0.05) is 18.6 Å². The van der Waals surface area contributed by atoms with Gasteiger partial charge in [-0.3, -0.25) is 9.69 Å². The molecule has 1 amide bonds. The van der Waals surface area contributed by atoms with E-state index in [4.69, 9.17) is 5.26 Å². The van der Waals surface area contributed by atoms with Crippen LogP contribution in [0.4, 0.5) is 5.69 Å². The van der Waals surface area contributed by atoms with E-state index in [1.807, 2.05) is 12.1 Å². The number of nitrogens with one attached hydrogen (secondary N) is 2. The highest BCUT2D eigenvalue weighted by molar-refractivity contribution is 6.03. The van der Waals surface area contributed by atoms with Crippen molar-refractivity contribution in [3.05, 3.63) is 52.6 Å². The van der Waals surface area contributed by atoms with Crippen LogP contribution in [-0.4, -0.2) is 33.9 Å². The first-order valence-electron chi connectivity index (χ1n) is 11.7. The largest absolute Gasteiger partial charge is 0.326 e. The van der Waals surface area contributed by atoms with Crippen LogP contribution < -0.4 is 5.32 Å². The highest BCUT2D eigenvalue weighted by atomic mass is 16.2. The van der Waals surface area contributed by atoms with Crippen LogP contribution in [-0.2, 0) is 5.54 Å². The third-order valence-electron chi connectivity index (χ3n) is 7.39. The van der Waals surface area contributed by atoms with Crippen LogP contribution in [0.2, 0.25) is 0 Å². The van der Waals surface area contributed by atoms with E-state index in [2.05, 4.69) is 60.0 Å². The lowest BCUT2D eigenvalue weighted by Crippen LogP contribution is -2.39. The first kappa shape index (κ1) is 22.3. The number of amides is 1. The molecule has 6 nitrogen and oxygen atoms in total. The molecule has 1 aliphatic heterocycles. The SMILES string of the molecule is CC1=C(c2cc(C(C)(C)N3CCCC3)ccc2NC(=O)c2ncc(C#N)[nH]2)CCCC1C. The Morgan fingerprint density at radius 3 is 2.72 bits per heavy atom. The predicted molar refractivity (Wildman–Crippen MR) is 127 cm³/mol. The molecule has 0 radical (unpaired) electrons. The van der Waals surface area contributed by atoms with E-state index in [-0.39, 0.29) is 23.0 Å². The molecule has 1 saturated heterocycles. The number of aromatic nitrogens is 2. The molecule has 4 rings (SSSR count). The van der Waals surface area contributed by atoms with Gasteiger partial charge in [-0.05, 0) is 95.2 Å². The summed E-state index contributed by atoms with van der Waals surface area (Å²) in [5.74, 6) is 0.360. The maximum absolute atomic E-state index is 12.9. The van der Waals surface area contributed by atoms with Crippen LogP contribution in [0.15, 0.2) is 30.0 Å².